The molecule has 152 valence electrons. The molecule has 1 heterocycles. The highest BCUT2D eigenvalue weighted by Gasteiger charge is 2.18. The van der Waals surface area contributed by atoms with Crippen molar-refractivity contribution in [3.8, 4) is 0 Å². The zero-order valence-corrected chi connectivity index (χ0v) is 18.0. The van der Waals surface area contributed by atoms with Crippen LogP contribution in [0.4, 0.5) is 0 Å². The molecule has 2 nitrogen and oxygen atoms in total. The van der Waals surface area contributed by atoms with Crippen LogP contribution in [0.5, 0.6) is 0 Å². The summed E-state index contributed by atoms with van der Waals surface area (Å²) in [7, 11) is 0. The van der Waals surface area contributed by atoms with Gasteiger partial charge in [0, 0.05) is 18.7 Å². The zero-order valence-electron chi connectivity index (χ0n) is 18.0. The molecule has 0 radical (unpaired) electrons. The molecule has 0 fully saturated rings. The standard InChI is InChI=1S/C27H33NO/c1-19-6-7-20(2)27(22(4)16-19)21(3)12-14-28-23(5)26-10-8-24(9-11-26)17-25-13-15-29-18-25/h6-11,13,15,18-19,22,28H,3,5,12,14,16-17H2,1-2,4H3. The molecule has 0 spiro atoms. The summed E-state index contributed by atoms with van der Waals surface area (Å²) in [5.41, 5.74) is 8.57. The third-order valence-corrected chi connectivity index (χ3v) is 5.75. The molecule has 2 atom stereocenters. The number of rotatable bonds is 8. The van der Waals surface area contributed by atoms with E-state index in [9.17, 15) is 0 Å². The van der Waals surface area contributed by atoms with Crippen molar-refractivity contribution in [2.24, 2.45) is 11.8 Å². The molecule has 0 aliphatic heterocycles. The Balaban J connectivity index is 1.51. The quantitative estimate of drug-likeness (QED) is 0.531. The van der Waals surface area contributed by atoms with Gasteiger partial charge in [0.2, 0.25) is 0 Å². The number of benzene rings is 1. The number of allylic oxidation sites excluding steroid dienone is 4. The first kappa shape index (κ1) is 21.0. The summed E-state index contributed by atoms with van der Waals surface area (Å²) in [6.45, 7) is 16.3. The molecule has 2 heteroatoms. The first-order valence-corrected chi connectivity index (χ1v) is 10.5. The third kappa shape index (κ3) is 5.63. The van der Waals surface area contributed by atoms with Gasteiger partial charge in [-0.1, -0.05) is 63.4 Å². The average molecular weight is 388 g/mol. The SMILES string of the molecule is C=C(CCNC(=C)c1ccc(Cc2ccoc2)cc1)C1=C(C)C=CC(C)CC1C. The molecule has 3 rings (SSSR count). The zero-order chi connectivity index (χ0) is 20.8. The van der Waals surface area contributed by atoms with Gasteiger partial charge in [-0.3, -0.25) is 0 Å². The summed E-state index contributed by atoms with van der Waals surface area (Å²) >= 11 is 0. The molecule has 1 aliphatic carbocycles. The Labute approximate surface area is 175 Å². The topological polar surface area (TPSA) is 25.2 Å². The number of hydrogen-bond acceptors (Lipinski definition) is 2. The normalized spacial score (nSPS) is 19.1. The largest absolute Gasteiger partial charge is 0.472 e. The monoisotopic (exact) mass is 387 g/mol. The molecule has 0 saturated heterocycles. The van der Waals surface area contributed by atoms with Crippen LogP contribution in [0.2, 0.25) is 0 Å². The van der Waals surface area contributed by atoms with Gasteiger partial charge in [-0.25, -0.2) is 0 Å². The van der Waals surface area contributed by atoms with E-state index in [0.717, 1.165) is 30.6 Å². The van der Waals surface area contributed by atoms with Crippen LogP contribution in [-0.4, -0.2) is 6.54 Å². The molecule has 29 heavy (non-hydrogen) atoms. The van der Waals surface area contributed by atoms with Crippen LogP contribution in [0.25, 0.3) is 5.70 Å². The van der Waals surface area contributed by atoms with Gasteiger partial charge in [0.1, 0.15) is 0 Å². The predicted octanol–water partition coefficient (Wildman–Crippen LogP) is 6.93. The summed E-state index contributed by atoms with van der Waals surface area (Å²) in [6, 6.07) is 10.6. The second-order valence-corrected chi connectivity index (χ2v) is 8.33. The van der Waals surface area contributed by atoms with Crippen LogP contribution in [0.1, 0.15) is 50.3 Å². The molecule has 0 saturated carbocycles. The van der Waals surface area contributed by atoms with Crippen molar-refractivity contribution in [2.75, 3.05) is 6.54 Å². The molecular weight excluding hydrogens is 354 g/mol. The lowest BCUT2D eigenvalue weighted by Gasteiger charge is -2.21. The van der Waals surface area contributed by atoms with Crippen molar-refractivity contribution in [1.29, 1.82) is 0 Å². The van der Waals surface area contributed by atoms with Gasteiger partial charge in [0.15, 0.2) is 0 Å². The maximum Gasteiger partial charge on any atom is 0.0937 e. The van der Waals surface area contributed by atoms with E-state index in [2.05, 4.69) is 75.7 Å². The molecule has 1 aliphatic rings. The highest BCUT2D eigenvalue weighted by molar-refractivity contribution is 5.62. The maximum atomic E-state index is 5.14. The van der Waals surface area contributed by atoms with Gasteiger partial charge in [0.25, 0.3) is 0 Å². The fourth-order valence-corrected chi connectivity index (χ4v) is 4.22. The van der Waals surface area contributed by atoms with Crippen LogP contribution < -0.4 is 5.32 Å². The van der Waals surface area contributed by atoms with Crippen LogP contribution in [0, 0.1) is 11.8 Å². The Morgan fingerprint density at radius 1 is 1.10 bits per heavy atom. The van der Waals surface area contributed by atoms with E-state index in [1.165, 1.54) is 34.3 Å². The Bertz CT molecular complexity index is 897. The van der Waals surface area contributed by atoms with E-state index < -0.39 is 0 Å². The summed E-state index contributed by atoms with van der Waals surface area (Å²) in [5, 5.41) is 3.48. The molecule has 0 amide bonds. The Hall–Kier alpha value is -2.74. The highest BCUT2D eigenvalue weighted by Crippen LogP contribution is 2.33. The summed E-state index contributed by atoms with van der Waals surface area (Å²) in [6.07, 6.45) is 11.1. The van der Waals surface area contributed by atoms with Crippen molar-refractivity contribution in [2.45, 2.75) is 40.0 Å². The molecule has 1 aromatic heterocycles. The maximum absolute atomic E-state index is 5.14. The second-order valence-electron chi connectivity index (χ2n) is 8.33. The van der Waals surface area contributed by atoms with E-state index in [4.69, 9.17) is 4.42 Å². The van der Waals surface area contributed by atoms with Crippen molar-refractivity contribution < 1.29 is 4.42 Å². The fraction of sp³-hybridized carbons (Fsp3) is 0.333. The minimum atomic E-state index is 0.554. The summed E-state index contributed by atoms with van der Waals surface area (Å²) in [4.78, 5) is 0. The molecule has 2 unspecified atom stereocenters. The van der Waals surface area contributed by atoms with Gasteiger partial charge in [-0.15, -0.1) is 0 Å². The predicted molar refractivity (Wildman–Crippen MR) is 124 cm³/mol. The van der Waals surface area contributed by atoms with Crippen molar-refractivity contribution in [1.82, 2.24) is 5.32 Å². The fourth-order valence-electron chi connectivity index (χ4n) is 4.22. The van der Waals surface area contributed by atoms with Crippen LogP contribution in [0.15, 0.2) is 89.3 Å². The van der Waals surface area contributed by atoms with Crippen LogP contribution in [-0.2, 0) is 6.42 Å². The molecule has 1 aromatic carbocycles. The molecular formula is C27H33NO. The molecule has 2 aromatic rings. The van der Waals surface area contributed by atoms with E-state index in [1.807, 2.05) is 6.07 Å². The number of hydrogen-bond donors (Lipinski definition) is 1. The lowest BCUT2D eigenvalue weighted by Crippen LogP contribution is -2.15. The Morgan fingerprint density at radius 2 is 1.86 bits per heavy atom. The lowest BCUT2D eigenvalue weighted by atomic mass is 9.86. The van der Waals surface area contributed by atoms with E-state index in [-0.39, 0.29) is 0 Å². The van der Waals surface area contributed by atoms with Gasteiger partial charge in [0.05, 0.1) is 12.5 Å². The first-order valence-electron chi connectivity index (χ1n) is 10.5. The van der Waals surface area contributed by atoms with Crippen LogP contribution >= 0.6 is 0 Å². The van der Waals surface area contributed by atoms with Crippen molar-refractivity contribution in [3.05, 3.63) is 102 Å². The third-order valence-electron chi connectivity index (χ3n) is 5.75. The minimum Gasteiger partial charge on any atom is -0.472 e. The van der Waals surface area contributed by atoms with Gasteiger partial charge in [-0.2, -0.15) is 0 Å². The van der Waals surface area contributed by atoms with Gasteiger partial charge < -0.3 is 9.73 Å². The number of furan rings is 1. The average Bonchev–Trinajstić information content (AvgIpc) is 3.15. The summed E-state index contributed by atoms with van der Waals surface area (Å²) in [5.74, 6) is 1.18. The number of nitrogens with one attached hydrogen (secondary N) is 1. The first-order chi connectivity index (χ1) is 13.9. The lowest BCUT2D eigenvalue weighted by molar-refractivity contribution is 0.527. The van der Waals surface area contributed by atoms with Gasteiger partial charge in [-0.05, 0) is 71.1 Å². The van der Waals surface area contributed by atoms with Gasteiger partial charge >= 0.3 is 0 Å². The Kier molecular flexibility index (Phi) is 6.98. The minimum absolute atomic E-state index is 0.554. The molecule has 0 bridgehead atoms. The van der Waals surface area contributed by atoms with E-state index in [0.29, 0.717) is 11.8 Å². The smallest absolute Gasteiger partial charge is 0.0937 e. The second kappa shape index (κ2) is 9.65. The Morgan fingerprint density at radius 3 is 2.55 bits per heavy atom. The summed E-state index contributed by atoms with van der Waals surface area (Å²) < 4.78 is 5.14. The highest BCUT2D eigenvalue weighted by atomic mass is 16.3. The molecule has 1 N–H and O–H groups in total. The van der Waals surface area contributed by atoms with E-state index in [1.54, 1.807) is 12.5 Å². The van der Waals surface area contributed by atoms with Crippen molar-refractivity contribution >= 4 is 5.70 Å². The van der Waals surface area contributed by atoms with Crippen LogP contribution in [0.3, 0.4) is 0 Å². The van der Waals surface area contributed by atoms with Crippen molar-refractivity contribution in [3.63, 3.8) is 0 Å². The van der Waals surface area contributed by atoms with E-state index >= 15 is 0 Å².